The second-order valence-electron chi connectivity index (χ2n) is 8.07. The summed E-state index contributed by atoms with van der Waals surface area (Å²) in [5, 5.41) is 13.3. The number of nitrogens with two attached hydrogens (primary N) is 1. The molecule has 164 valence electrons. The molecule has 4 rings (SSSR count). The van der Waals surface area contributed by atoms with Crippen LogP contribution in [0.15, 0.2) is 28.5 Å². The molecule has 1 amide bonds. The standard InChI is InChI=1S/C21H26N6O3S/c1-12-9-13-5-8-30-14(13)10-15(12)31-20-26-16-17(22)24-11-25-18(16)27(20)7-4-6-23-19(28)21(2,3)29/h9-11,29H,4-8H2,1-3H3,(H,23,28)(H2,22,24,25). The van der Waals surface area contributed by atoms with Crippen molar-refractivity contribution in [3.8, 4) is 5.75 Å². The fourth-order valence-electron chi connectivity index (χ4n) is 3.41. The van der Waals surface area contributed by atoms with Crippen molar-refractivity contribution in [1.29, 1.82) is 0 Å². The number of hydrogen-bond donors (Lipinski definition) is 3. The van der Waals surface area contributed by atoms with E-state index in [1.165, 1.54) is 37.5 Å². The zero-order chi connectivity index (χ0) is 22.2. The topological polar surface area (TPSA) is 128 Å². The van der Waals surface area contributed by atoms with E-state index in [0.717, 1.165) is 27.8 Å². The van der Waals surface area contributed by atoms with Crippen molar-refractivity contribution in [1.82, 2.24) is 24.8 Å². The zero-order valence-electron chi connectivity index (χ0n) is 17.8. The number of nitrogen functional groups attached to an aromatic ring is 1. The van der Waals surface area contributed by atoms with E-state index in [1.807, 2.05) is 4.57 Å². The predicted octanol–water partition coefficient (Wildman–Crippen LogP) is 2.08. The maximum Gasteiger partial charge on any atom is 0.251 e. The molecule has 0 fully saturated rings. The predicted molar refractivity (Wildman–Crippen MR) is 118 cm³/mol. The molecule has 1 aliphatic heterocycles. The number of rotatable bonds is 7. The fraction of sp³-hybridized carbons (Fsp3) is 0.429. The van der Waals surface area contributed by atoms with Crippen LogP contribution in [0.3, 0.4) is 0 Å². The van der Waals surface area contributed by atoms with E-state index >= 15 is 0 Å². The Balaban J connectivity index is 1.58. The van der Waals surface area contributed by atoms with Gasteiger partial charge in [0.05, 0.1) is 6.61 Å². The number of aromatic nitrogens is 4. The lowest BCUT2D eigenvalue weighted by atomic mass is 10.1. The number of anilines is 1. The van der Waals surface area contributed by atoms with E-state index in [2.05, 4.69) is 34.3 Å². The third-order valence-electron chi connectivity index (χ3n) is 5.11. The molecule has 0 aliphatic carbocycles. The molecule has 0 bridgehead atoms. The minimum absolute atomic E-state index is 0.329. The Hall–Kier alpha value is -2.85. The fourth-order valence-corrected chi connectivity index (χ4v) is 4.41. The van der Waals surface area contributed by atoms with Gasteiger partial charge >= 0.3 is 0 Å². The molecular formula is C21H26N6O3S. The molecule has 0 unspecified atom stereocenters. The summed E-state index contributed by atoms with van der Waals surface area (Å²) in [5.41, 5.74) is 8.23. The van der Waals surface area contributed by atoms with Gasteiger partial charge in [-0.1, -0.05) is 17.8 Å². The summed E-state index contributed by atoms with van der Waals surface area (Å²) in [6, 6.07) is 4.22. The van der Waals surface area contributed by atoms with Crippen molar-refractivity contribution < 1.29 is 14.6 Å². The summed E-state index contributed by atoms with van der Waals surface area (Å²) in [6.07, 6.45) is 2.99. The average molecular weight is 443 g/mol. The molecule has 31 heavy (non-hydrogen) atoms. The molecular weight excluding hydrogens is 416 g/mol. The number of nitrogens with zero attached hydrogens (tertiary/aromatic N) is 4. The van der Waals surface area contributed by atoms with Gasteiger partial charge in [-0.25, -0.2) is 15.0 Å². The van der Waals surface area contributed by atoms with Crippen molar-refractivity contribution in [2.24, 2.45) is 0 Å². The first kappa shape index (κ1) is 21.4. The molecule has 2 aromatic heterocycles. The molecule has 0 saturated heterocycles. The van der Waals surface area contributed by atoms with Gasteiger partial charge in [-0.3, -0.25) is 4.79 Å². The lowest BCUT2D eigenvalue weighted by molar-refractivity contribution is -0.136. The molecule has 0 radical (unpaired) electrons. The molecule has 1 aliphatic rings. The van der Waals surface area contributed by atoms with Gasteiger partial charge in [0, 0.05) is 24.4 Å². The van der Waals surface area contributed by atoms with Crippen LogP contribution in [0.2, 0.25) is 0 Å². The highest BCUT2D eigenvalue weighted by Gasteiger charge is 2.23. The third-order valence-corrected chi connectivity index (χ3v) is 6.27. The van der Waals surface area contributed by atoms with Crippen LogP contribution in [0.4, 0.5) is 5.82 Å². The van der Waals surface area contributed by atoms with Crippen LogP contribution in [0.5, 0.6) is 5.75 Å². The van der Waals surface area contributed by atoms with Crippen molar-refractivity contribution in [2.75, 3.05) is 18.9 Å². The second kappa shape index (κ2) is 8.35. The molecule has 10 heteroatoms. The van der Waals surface area contributed by atoms with Gasteiger partial charge in [0.2, 0.25) is 0 Å². The molecule has 9 nitrogen and oxygen atoms in total. The van der Waals surface area contributed by atoms with E-state index in [1.54, 1.807) is 0 Å². The number of nitrogens with one attached hydrogen (secondary N) is 1. The molecule has 4 N–H and O–H groups in total. The Morgan fingerprint density at radius 3 is 2.97 bits per heavy atom. The molecule has 3 heterocycles. The first-order chi connectivity index (χ1) is 14.7. The number of carbonyl (C=O) groups is 1. The third kappa shape index (κ3) is 4.45. The molecule has 0 saturated carbocycles. The van der Waals surface area contributed by atoms with Gasteiger partial charge in [0.15, 0.2) is 22.1 Å². The number of hydrogen-bond acceptors (Lipinski definition) is 8. The highest BCUT2D eigenvalue weighted by molar-refractivity contribution is 7.99. The van der Waals surface area contributed by atoms with Crippen molar-refractivity contribution in [2.45, 2.75) is 55.8 Å². The Morgan fingerprint density at radius 2 is 2.19 bits per heavy atom. The van der Waals surface area contributed by atoms with Gasteiger partial charge < -0.3 is 25.5 Å². The highest BCUT2D eigenvalue weighted by Crippen LogP contribution is 2.37. The van der Waals surface area contributed by atoms with E-state index < -0.39 is 11.5 Å². The number of imidazole rings is 1. The lowest BCUT2D eigenvalue weighted by Crippen LogP contribution is -2.42. The normalized spacial score (nSPS) is 13.3. The van der Waals surface area contributed by atoms with Crippen molar-refractivity contribution in [3.63, 3.8) is 0 Å². The highest BCUT2D eigenvalue weighted by atomic mass is 32.2. The Bertz CT molecular complexity index is 1140. The van der Waals surface area contributed by atoms with E-state index in [-0.39, 0.29) is 0 Å². The van der Waals surface area contributed by atoms with Crippen molar-refractivity contribution >= 4 is 34.7 Å². The first-order valence-electron chi connectivity index (χ1n) is 10.2. The monoisotopic (exact) mass is 442 g/mol. The molecule has 1 aromatic carbocycles. The molecule has 0 spiro atoms. The van der Waals surface area contributed by atoms with Crippen LogP contribution < -0.4 is 15.8 Å². The summed E-state index contributed by atoms with van der Waals surface area (Å²) in [4.78, 5) is 26.1. The second-order valence-corrected chi connectivity index (χ2v) is 9.08. The lowest BCUT2D eigenvalue weighted by Gasteiger charge is -2.16. The smallest absolute Gasteiger partial charge is 0.251 e. The summed E-state index contributed by atoms with van der Waals surface area (Å²) in [5.74, 6) is 0.845. The number of aryl methyl sites for hydroxylation is 2. The van der Waals surface area contributed by atoms with E-state index in [9.17, 15) is 9.90 Å². The Kier molecular flexibility index (Phi) is 5.76. The molecule has 0 atom stereocenters. The number of amides is 1. The van der Waals surface area contributed by atoms with E-state index in [4.69, 9.17) is 15.5 Å². The van der Waals surface area contributed by atoms with Gasteiger partial charge in [0.25, 0.3) is 5.91 Å². The van der Waals surface area contributed by atoms with Gasteiger partial charge in [-0.05, 0) is 44.4 Å². The van der Waals surface area contributed by atoms with Crippen LogP contribution in [-0.2, 0) is 17.8 Å². The summed E-state index contributed by atoms with van der Waals surface area (Å²) in [6.45, 7) is 6.70. The minimum atomic E-state index is -1.41. The maximum absolute atomic E-state index is 11.9. The number of aliphatic hydroxyl groups is 1. The van der Waals surface area contributed by atoms with Gasteiger partial charge in [0.1, 0.15) is 17.7 Å². The van der Waals surface area contributed by atoms with Crippen LogP contribution in [0.25, 0.3) is 11.2 Å². The SMILES string of the molecule is Cc1cc2c(cc1Sc1nc3c(N)ncnc3n1CCCNC(=O)C(C)(C)O)OCC2. The largest absolute Gasteiger partial charge is 0.493 e. The summed E-state index contributed by atoms with van der Waals surface area (Å²) in [7, 11) is 0. The molecule has 3 aromatic rings. The Morgan fingerprint density at radius 1 is 1.39 bits per heavy atom. The van der Waals surface area contributed by atoms with Crippen LogP contribution in [0, 0.1) is 6.92 Å². The van der Waals surface area contributed by atoms with Crippen LogP contribution in [-0.4, -0.2) is 49.3 Å². The van der Waals surface area contributed by atoms with Crippen LogP contribution >= 0.6 is 11.8 Å². The zero-order valence-corrected chi connectivity index (χ0v) is 18.6. The first-order valence-corrected chi connectivity index (χ1v) is 11.0. The van der Waals surface area contributed by atoms with E-state index in [0.29, 0.717) is 43.1 Å². The average Bonchev–Trinajstić information content (AvgIpc) is 3.29. The maximum atomic E-state index is 11.9. The summed E-state index contributed by atoms with van der Waals surface area (Å²) < 4.78 is 7.71. The number of benzene rings is 1. The number of ether oxygens (including phenoxy) is 1. The van der Waals surface area contributed by atoms with Crippen molar-refractivity contribution in [3.05, 3.63) is 29.6 Å². The van der Waals surface area contributed by atoms with Crippen LogP contribution in [0.1, 0.15) is 31.4 Å². The minimum Gasteiger partial charge on any atom is -0.493 e. The van der Waals surface area contributed by atoms with Gasteiger partial charge in [-0.15, -0.1) is 0 Å². The summed E-state index contributed by atoms with van der Waals surface area (Å²) >= 11 is 1.53. The Labute approximate surface area is 184 Å². The van der Waals surface area contributed by atoms with Gasteiger partial charge in [-0.2, -0.15) is 0 Å². The number of fused-ring (bicyclic) bond motifs is 2. The number of carbonyl (C=O) groups excluding carboxylic acids is 1. The quantitative estimate of drug-likeness (QED) is 0.475.